The minimum absolute atomic E-state index is 0.0534. The van der Waals surface area contributed by atoms with E-state index in [1.165, 1.54) is 11.8 Å². The molecule has 2 aromatic rings. The van der Waals surface area contributed by atoms with Gasteiger partial charge in [0.05, 0.1) is 29.3 Å². The summed E-state index contributed by atoms with van der Waals surface area (Å²) in [5.74, 6) is 0.125. The van der Waals surface area contributed by atoms with E-state index in [4.69, 9.17) is 16.6 Å². The van der Waals surface area contributed by atoms with Gasteiger partial charge in [0.1, 0.15) is 0 Å². The second-order valence-electron chi connectivity index (χ2n) is 7.63. The number of fused-ring (bicyclic) bond motifs is 1. The Labute approximate surface area is 185 Å². The van der Waals surface area contributed by atoms with E-state index >= 15 is 0 Å². The minimum Gasteiger partial charge on any atom is -0.325 e. The fourth-order valence-electron chi connectivity index (χ4n) is 3.79. The Morgan fingerprint density at radius 3 is 2.80 bits per heavy atom. The number of anilines is 2. The van der Waals surface area contributed by atoms with Crippen LogP contribution in [0.2, 0.25) is 5.02 Å². The van der Waals surface area contributed by atoms with E-state index in [0.29, 0.717) is 15.9 Å². The van der Waals surface area contributed by atoms with E-state index < -0.39 is 9.84 Å². The van der Waals surface area contributed by atoms with Crippen molar-refractivity contribution in [2.24, 2.45) is 4.99 Å². The molecule has 30 heavy (non-hydrogen) atoms. The minimum atomic E-state index is -3.12. The monoisotopic (exact) mass is 463 g/mol. The molecule has 1 saturated heterocycles. The number of carbonyl (C=O) groups excluding carboxylic acids is 1. The third-order valence-electron chi connectivity index (χ3n) is 5.17. The average Bonchev–Trinajstić information content (AvgIpc) is 3.13. The van der Waals surface area contributed by atoms with Gasteiger partial charge in [-0.25, -0.2) is 8.42 Å². The number of carbonyl (C=O) groups is 1. The lowest BCUT2D eigenvalue weighted by Gasteiger charge is -2.28. The predicted octanol–water partition coefficient (Wildman–Crippen LogP) is 3.67. The topological polar surface area (TPSA) is 78.8 Å². The fraction of sp³-hybridized carbons (Fsp3) is 0.333. The number of nitrogens with one attached hydrogen (secondary N) is 1. The molecular weight excluding hydrogens is 442 g/mol. The first-order valence-corrected chi connectivity index (χ1v) is 12.7. The van der Waals surface area contributed by atoms with E-state index in [1.807, 2.05) is 36.9 Å². The molecule has 1 N–H and O–H groups in total. The van der Waals surface area contributed by atoms with Crippen LogP contribution in [-0.2, 0) is 14.6 Å². The molecule has 0 aromatic heterocycles. The van der Waals surface area contributed by atoms with Crippen LogP contribution >= 0.6 is 23.4 Å². The van der Waals surface area contributed by atoms with Crippen LogP contribution in [0.4, 0.5) is 11.4 Å². The van der Waals surface area contributed by atoms with Crippen molar-refractivity contribution in [3.05, 3.63) is 58.6 Å². The van der Waals surface area contributed by atoms with Gasteiger partial charge < -0.3 is 10.2 Å². The number of halogens is 1. The number of rotatable bonds is 4. The summed E-state index contributed by atoms with van der Waals surface area (Å²) in [5, 5.41) is 4.07. The molecular formula is C21H22ClN3O3S2. The second kappa shape index (κ2) is 8.24. The van der Waals surface area contributed by atoms with Crippen molar-refractivity contribution in [3.8, 4) is 0 Å². The van der Waals surface area contributed by atoms with Crippen LogP contribution in [0.3, 0.4) is 0 Å². The van der Waals surface area contributed by atoms with Gasteiger partial charge in [0.25, 0.3) is 0 Å². The summed E-state index contributed by atoms with van der Waals surface area (Å²) in [5.41, 5.74) is 3.71. The highest BCUT2D eigenvalue weighted by Gasteiger charge is 2.47. The van der Waals surface area contributed by atoms with E-state index in [-0.39, 0.29) is 35.2 Å². The molecule has 158 valence electrons. The van der Waals surface area contributed by atoms with Gasteiger partial charge in [0.2, 0.25) is 5.91 Å². The Bertz CT molecular complexity index is 1130. The molecule has 2 aromatic carbocycles. The smallest absolute Gasteiger partial charge is 0.234 e. The largest absolute Gasteiger partial charge is 0.325 e. The number of amides is 1. The molecule has 9 heteroatoms. The summed E-state index contributed by atoms with van der Waals surface area (Å²) in [6, 6.07) is 12.6. The Kier molecular flexibility index (Phi) is 5.83. The molecule has 6 nitrogen and oxygen atoms in total. The number of hydrogen-bond donors (Lipinski definition) is 1. The maximum absolute atomic E-state index is 12.4. The molecule has 0 unspecified atom stereocenters. The van der Waals surface area contributed by atoms with Gasteiger partial charge in [0, 0.05) is 16.4 Å². The quantitative estimate of drug-likeness (QED) is 0.748. The lowest BCUT2D eigenvalue weighted by atomic mass is 10.1. The fourth-order valence-corrected chi connectivity index (χ4v) is 6.74. The van der Waals surface area contributed by atoms with Crippen LogP contribution in [0.1, 0.15) is 11.1 Å². The number of benzene rings is 2. The van der Waals surface area contributed by atoms with E-state index in [9.17, 15) is 13.2 Å². The van der Waals surface area contributed by atoms with Crippen LogP contribution < -0.4 is 10.2 Å². The van der Waals surface area contributed by atoms with Gasteiger partial charge in [-0.2, -0.15) is 0 Å². The van der Waals surface area contributed by atoms with Gasteiger partial charge in [-0.05, 0) is 49.2 Å². The van der Waals surface area contributed by atoms with Gasteiger partial charge in [0.15, 0.2) is 15.0 Å². The lowest BCUT2D eigenvalue weighted by molar-refractivity contribution is -0.113. The molecule has 1 amide bonds. The van der Waals surface area contributed by atoms with Crippen molar-refractivity contribution in [3.63, 3.8) is 0 Å². The average molecular weight is 464 g/mol. The van der Waals surface area contributed by atoms with Gasteiger partial charge >= 0.3 is 0 Å². The molecule has 0 aliphatic carbocycles. The molecule has 4 rings (SSSR count). The Balaban J connectivity index is 1.54. The number of aryl methyl sites for hydroxylation is 2. The number of sulfone groups is 1. The standard InChI is InChI=1S/C21H22ClN3O3S2/c1-13-6-7-14(2)18(8-13)25-19-12-30(27,28)11-17(19)24-21(25)29-10-20(26)23-16-5-3-4-15(22)9-16/h3-9,17,19H,10-12H2,1-2H3,(H,23,26)/t17-,19-/m0/s1. The van der Waals surface area contributed by atoms with Crippen molar-refractivity contribution in [2.45, 2.75) is 25.9 Å². The maximum atomic E-state index is 12.4. The highest BCUT2D eigenvalue weighted by molar-refractivity contribution is 8.14. The zero-order valence-corrected chi connectivity index (χ0v) is 19.0. The van der Waals surface area contributed by atoms with Crippen molar-refractivity contribution >= 4 is 55.6 Å². The van der Waals surface area contributed by atoms with E-state index in [2.05, 4.69) is 5.32 Å². The molecule has 2 heterocycles. The van der Waals surface area contributed by atoms with Crippen LogP contribution in [-0.4, -0.2) is 48.8 Å². The molecule has 0 radical (unpaired) electrons. The van der Waals surface area contributed by atoms with Crippen molar-refractivity contribution < 1.29 is 13.2 Å². The Hall–Kier alpha value is -2.03. The predicted molar refractivity (Wildman–Crippen MR) is 125 cm³/mol. The first-order valence-electron chi connectivity index (χ1n) is 9.55. The summed E-state index contributed by atoms with van der Waals surface area (Å²) in [6.07, 6.45) is 0. The third-order valence-corrected chi connectivity index (χ3v) is 8.07. The Morgan fingerprint density at radius 2 is 2.03 bits per heavy atom. The van der Waals surface area contributed by atoms with Crippen molar-refractivity contribution in [2.75, 3.05) is 27.5 Å². The zero-order chi connectivity index (χ0) is 21.5. The molecule has 2 aliphatic heterocycles. The molecule has 0 spiro atoms. The second-order valence-corrected chi connectivity index (χ2v) is 11.2. The summed E-state index contributed by atoms with van der Waals surface area (Å²) < 4.78 is 24.4. The highest BCUT2D eigenvalue weighted by Crippen LogP contribution is 2.37. The van der Waals surface area contributed by atoms with E-state index in [0.717, 1.165) is 16.8 Å². The summed E-state index contributed by atoms with van der Waals surface area (Å²) in [4.78, 5) is 19.2. The van der Waals surface area contributed by atoms with Gasteiger partial charge in [-0.3, -0.25) is 9.79 Å². The van der Waals surface area contributed by atoms with Gasteiger partial charge in [-0.1, -0.05) is 41.6 Å². The molecule has 1 fully saturated rings. The first-order chi connectivity index (χ1) is 14.2. The van der Waals surface area contributed by atoms with Crippen LogP contribution in [0.15, 0.2) is 47.5 Å². The van der Waals surface area contributed by atoms with Crippen molar-refractivity contribution in [1.29, 1.82) is 0 Å². The van der Waals surface area contributed by atoms with Crippen LogP contribution in [0.5, 0.6) is 0 Å². The van der Waals surface area contributed by atoms with Crippen LogP contribution in [0, 0.1) is 13.8 Å². The molecule has 0 bridgehead atoms. The van der Waals surface area contributed by atoms with Gasteiger partial charge in [-0.15, -0.1) is 0 Å². The summed E-state index contributed by atoms with van der Waals surface area (Å²) >= 11 is 7.30. The van der Waals surface area contributed by atoms with E-state index in [1.54, 1.807) is 24.3 Å². The summed E-state index contributed by atoms with van der Waals surface area (Å²) in [6.45, 7) is 4.00. The number of nitrogens with zero attached hydrogens (tertiary/aromatic N) is 2. The molecule has 0 saturated carbocycles. The molecule has 2 aliphatic rings. The number of aliphatic imine (C=N–C) groups is 1. The highest BCUT2D eigenvalue weighted by atomic mass is 35.5. The van der Waals surface area contributed by atoms with Crippen LogP contribution in [0.25, 0.3) is 0 Å². The normalized spacial score (nSPS) is 22.0. The number of amidine groups is 1. The number of hydrogen-bond acceptors (Lipinski definition) is 6. The maximum Gasteiger partial charge on any atom is 0.234 e. The number of thioether (sulfide) groups is 1. The first kappa shape index (κ1) is 21.2. The zero-order valence-electron chi connectivity index (χ0n) is 16.6. The third kappa shape index (κ3) is 4.50. The SMILES string of the molecule is Cc1ccc(C)c(N2C(SCC(=O)Nc3cccc(Cl)c3)=N[C@H]3CS(=O)(=O)C[C@@H]32)c1. The summed E-state index contributed by atoms with van der Waals surface area (Å²) in [7, 11) is -3.12. The Morgan fingerprint density at radius 1 is 1.23 bits per heavy atom. The lowest BCUT2D eigenvalue weighted by Crippen LogP contribution is -2.40. The van der Waals surface area contributed by atoms with Crippen molar-refractivity contribution in [1.82, 2.24) is 0 Å². The molecule has 2 atom stereocenters.